The van der Waals surface area contributed by atoms with Crippen LogP contribution in [0.25, 0.3) is 0 Å². The zero-order chi connectivity index (χ0) is 14.0. The van der Waals surface area contributed by atoms with E-state index < -0.39 is 0 Å². The number of aromatic nitrogens is 1. The number of thiazole rings is 1. The fourth-order valence-electron chi connectivity index (χ4n) is 2.30. The smallest absolute Gasteiger partial charge is 0.228 e. The van der Waals surface area contributed by atoms with E-state index in [9.17, 15) is 9.90 Å². The SMILES string of the molecule is CC(C)c1nc(CC(=O)N2CC[C@@H](O)[C@@H](C)C2)cs1. The second-order valence-corrected chi connectivity index (χ2v) is 6.57. The minimum atomic E-state index is -0.268. The molecule has 106 valence electrons. The van der Waals surface area contributed by atoms with E-state index in [0.717, 1.165) is 10.7 Å². The molecule has 4 nitrogen and oxygen atoms in total. The van der Waals surface area contributed by atoms with Crippen LogP contribution < -0.4 is 0 Å². The summed E-state index contributed by atoms with van der Waals surface area (Å²) in [4.78, 5) is 18.6. The second-order valence-electron chi connectivity index (χ2n) is 5.68. The lowest BCUT2D eigenvalue weighted by molar-refractivity contribution is -0.134. The molecule has 1 aromatic heterocycles. The van der Waals surface area contributed by atoms with Crippen LogP contribution >= 0.6 is 11.3 Å². The van der Waals surface area contributed by atoms with Crippen LogP contribution in [0.2, 0.25) is 0 Å². The van der Waals surface area contributed by atoms with Crippen molar-refractivity contribution in [2.45, 2.75) is 45.6 Å². The number of amides is 1. The minimum absolute atomic E-state index is 0.124. The molecule has 0 unspecified atom stereocenters. The molecule has 1 aliphatic heterocycles. The molecule has 1 amide bonds. The Labute approximate surface area is 118 Å². The summed E-state index contributed by atoms with van der Waals surface area (Å²) >= 11 is 1.63. The standard InChI is InChI=1S/C14H22N2O2S/c1-9(2)14-15-11(8-19-14)6-13(18)16-5-4-12(17)10(3)7-16/h8-10,12,17H,4-7H2,1-3H3/t10-,12+/m0/s1. The summed E-state index contributed by atoms with van der Waals surface area (Å²) in [6.07, 6.45) is 0.795. The average molecular weight is 282 g/mol. The van der Waals surface area contributed by atoms with E-state index in [2.05, 4.69) is 18.8 Å². The van der Waals surface area contributed by atoms with Crippen molar-refractivity contribution in [2.24, 2.45) is 5.92 Å². The predicted molar refractivity (Wildman–Crippen MR) is 76.3 cm³/mol. The molecule has 0 aromatic carbocycles. The van der Waals surface area contributed by atoms with Gasteiger partial charge < -0.3 is 10.0 Å². The highest BCUT2D eigenvalue weighted by Gasteiger charge is 2.27. The van der Waals surface area contributed by atoms with Crippen LogP contribution in [0.3, 0.4) is 0 Å². The van der Waals surface area contributed by atoms with Crippen LogP contribution in [-0.4, -0.2) is 40.1 Å². The van der Waals surface area contributed by atoms with E-state index in [-0.39, 0.29) is 17.9 Å². The highest BCUT2D eigenvalue weighted by molar-refractivity contribution is 7.09. The molecule has 19 heavy (non-hydrogen) atoms. The Kier molecular flexibility index (Phi) is 4.58. The summed E-state index contributed by atoms with van der Waals surface area (Å²) in [5.74, 6) is 0.706. The van der Waals surface area contributed by atoms with Gasteiger partial charge in [-0.1, -0.05) is 20.8 Å². The van der Waals surface area contributed by atoms with Crippen molar-refractivity contribution in [3.8, 4) is 0 Å². The molecule has 2 atom stereocenters. The summed E-state index contributed by atoms with van der Waals surface area (Å²) in [5.41, 5.74) is 0.873. The van der Waals surface area contributed by atoms with Gasteiger partial charge in [-0.3, -0.25) is 4.79 Å². The average Bonchev–Trinajstić information content (AvgIpc) is 2.81. The van der Waals surface area contributed by atoms with Gasteiger partial charge in [0.25, 0.3) is 0 Å². The topological polar surface area (TPSA) is 53.4 Å². The van der Waals surface area contributed by atoms with Crippen molar-refractivity contribution in [3.05, 3.63) is 16.1 Å². The van der Waals surface area contributed by atoms with Crippen molar-refractivity contribution in [3.63, 3.8) is 0 Å². The zero-order valence-electron chi connectivity index (χ0n) is 11.8. The van der Waals surface area contributed by atoms with Gasteiger partial charge in [0.2, 0.25) is 5.91 Å². The first-order valence-electron chi connectivity index (χ1n) is 6.87. The lowest BCUT2D eigenvalue weighted by Crippen LogP contribution is -2.45. The molecule has 1 saturated heterocycles. The molecule has 0 saturated carbocycles. The van der Waals surface area contributed by atoms with Crippen molar-refractivity contribution in [1.82, 2.24) is 9.88 Å². The van der Waals surface area contributed by atoms with Gasteiger partial charge in [0.05, 0.1) is 23.2 Å². The van der Waals surface area contributed by atoms with E-state index in [0.29, 0.717) is 31.8 Å². The number of nitrogens with zero attached hydrogens (tertiary/aromatic N) is 2. The van der Waals surface area contributed by atoms with Crippen molar-refractivity contribution in [2.75, 3.05) is 13.1 Å². The van der Waals surface area contributed by atoms with Crippen molar-refractivity contribution >= 4 is 17.2 Å². The lowest BCUT2D eigenvalue weighted by atomic mass is 9.96. The van der Waals surface area contributed by atoms with E-state index >= 15 is 0 Å². The lowest BCUT2D eigenvalue weighted by Gasteiger charge is -2.34. The third-order valence-electron chi connectivity index (χ3n) is 3.61. The Morgan fingerprint density at radius 1 is 1.63 bits per heavy atom. The Bertz CT molecular complexity index is 444. The van der Waals surface area contributed by atoms with Gasteiger partial charge in [-0.25, -0.2) is 4.98 Å². The van der Waals surface area contributed by atoms with Gasteiger partial charge in [-0.2, -0.15) is 0 Å². The Morgan fingerprint density at radius 3 is 2.95 bits per heavy atom. The van der Waals surface area contributed by atoms with Crippen LogP contribution in [0.1, 0.15) is 43.8 Å². The first-order chi connectivity index (χ1) is 8.97. The van der Waals surface area contributed by atoms with Gasteiger partial charge in [0.1, 0.15) is 0 Å². The number of likely N-dealkylation sites (tertiary alicyclic amines) is 1. The summed E-state index contributed by atoms with van der Waals surface area (Å²) in [6, 6.07) is 0. The Hall–Kier alpha value is -0.940. The number of rotatable bonds is 3. The predicted octanol–water partition coefficient (Wildman–Crippen LogP) is 2.04. The summed E-state index contributed by atoms with van der Waals surface area (Å²) in [7, 11) is 0. The normalized spacial score (nSPS) is 23.9. The first-order valence-corrected chi connectivity index (χ1v) is 7.75. The molecule has 1 fully saturated rings. The van der Waals surface area contributed by atoms with Gasteiger partial charge in [-0.05, 0) is 12.3 Å². The zero-order valence-corrected chi connectivity index (χ0v) is 12.6. The Balaban J connectivity index is 1.93. The quantitative estimate of drug-likeness (QED) is 0.923. The third-order valence-corrected chi connectivity index (χ3v) is 4.80. The monoisotopic (exact) mass is 282 g/mol. The fourth-order valence-corrected chi connectivity index (χ4v) is 3.13. The molecule has 0 bridgehead atoms. The van der Waals surface area contributed by atoms with Crippen LogP contribution in [0, 0.1) is 5.92 Å². The van der Waals surface area contributed by atoms with E-state index in [1.54, 1.807) is 11.3 Å². The molecule has 1 aliphatic rings. The number of hydrogen-bond donors (Lipinski definition) is 1. The molecule has 5 heteroatoms. The minimum Gasteiger partial charge on any atom is -0.393 e. The van der Waals surface area contributed by atoms with Crippen molar-refractivity contribution in [1.29, 1.82) is 0 Å². The molecule has 0 radical (unpaired) electrons. The van der Waals surface area contributed by atoms with Gasteiger partial charge in [0, 0.05) is 24.4 Å². The molecule has 2 heterocycles. The maximum atomic E-state index is 12.2. The summed E-state index contributed by atoms with van der Waals surface area (Å²) < 4.78 is 0. The molecule has 0 aliphatic carbocycles. The van der Waals surface area contributed by atoms with Gasteiger partial charge in [-0.15, -0.1) is 11.3 Å². The van der Waals surface area contributed by atoms with Crippen LogP contribution in [0.4, 0.5) is 0 Å². The number of aliphatic hydroxyl groups excluding tert-OH is 1. The molecule has 1 N–H and O–H groups in total. The molecule has 2 rings (SSSR count). The number of carbonyl (C=O) groups excluding carboxylic acids is 1. The van der Waals surface area contributed by atoms with E-state index in [4.69, 9.17) is 0 Å². The van der Waals surface area contributed by atoms with Gasteiger partial charge in [0.15, 0.2) is 0 Å². The van der Waals surface area contributed by atoms with Crippen LogP contribution in [0.15, 0.2) is 5.38 Å². The highest BCUT2D eigenvalue weighted by atomic mass is 32.1. The van der Waals surface area contributed by atoms with Gasteiger partial charge >= 0.3 is 0 Å². The van der Waals surface area contributed by atoms with E-state index in [1.807, 2.05) is 17.2 Å². The number of carbonyl (C=O) groups is 1. The molecular formula is C14H22N2O2S. The summed E-state index contributed by atoms with van der Waals surface area (Å²) in [5, 5.41) is 12.8. The van der Waals surface area contributed by atoms with Crippen LogP contribution in [-0.2, 0) is 11.2 Å². The maximum absolute atomic E-state index is 12.2. The fraction of sp³-hybridized carbons (Fsp3) is 0.714. The molecular weight excluding hydrogens is 260 g/mol. The number of aliphatic hydroxyl groups is 1. The molecule has 0 spiro atoms. The number of hydrogen-bond acceptors (Lipinski definition) is 4. The Morgan fingerprint density at radius 2 is 2.37 bits per heavy atom. The van der Waals surface area contributed by atoms with Crippen LogP contribution in [0.5, 0.6) is 0 Å². The number of piperidine rings is 1. The maximum Gasteiger partial charge on any atom is 0.228 e. The molecule has 1 aromatic rings. The first kappa shape index (κ1) is 14.5. The third kappa shape index (κ3) is 3.54. The van der Waals surface area contributed by atoms with Crippen molar-refractivity contribution < 1.29 is 9.90 Å². The highest BCUT2D eigenvalue weighted by Crippen LogP contribution is 2.21. The second kappa shape index (κ2) is 6.01. The largest absolute Gasteiger partial charge is 0.393 e. The van der Waals surface area contributed by atoms with E-state index in [1.165, 1.54) is 0 Å². The summed E-state index contributed by atoms with van der Waals surface area (Å²) in [6.45, 7) is 7.52.